The van der Waals surface area contributed by atoms with Gasteiger partial charge in [-0.3, -0.25) is 4.79 Å². The average Bonchev–Trinajstić information content (AvgIpc) is 2.69. The van der Waals surface area contributed by atoms with Crippen LogP contribution in [0.25, 0.3) is 0 Å². The van der Waals surface area contributed by atoms with Gasteiger partial charge < -0.3 is 15.5 Å². The summed E-state index contributed by atoms with van der Waals surface area (Å²) in [6.07, 6.45) is 4.47. The molecule has 0 unspecified atom stereocenters. The SMILES string of the molecule is Cc1ccccc1C(=O)NC1C[C@H]2CCC[C@H](C1)N2C(=O)Nc1ccc(F)cc1. The Morgan fingerprint density at radius 3 is 2.31 bits per heavy atom. The van der Waals surface area contributed by atoms with Crippen LogP contribution in [-0.4, -0.2) is 35.0 Å². The molecule has 2 aliphatic rings. The van der Waals surface area contributed by atoms with Gasteiger partial charge in [-0.05, 0) is 74.9 Å². The van der Waals surface area contributed by atoms with Crippen LogP contribution in [0.1, 0.15) is 48.0 Å². The van der Waals surface area contributed by atoms with E-state index >= 15 is 0 Å². The van der Waals surface area contributed by atoms with E-state index in [0.29, 0.717) is 11.3 Å². The Hall–Kier alpha value is -2.89. The molecule has 152 valence electrons. The second-order valence-corrected chi connectivity index (χ2v) is 8.04. The fourth-order valence-electron chi connectivity index (χ4n) is 4.64. The van der Waals surface area contributed by atoms with Crippen molar-refractivity contribution in [3.8, 4) is 0 Å². The molecule has 2 aliphatic heterocycles. The summed E-state index contributed by atoms with van der Waals surface area (Å²) in [5, 5.41) is 6.07. The minimum Gasteiger partial charge on any atom is -0.349 e. The highest BCUT2D eigenvalue weighted by Crippen LogP contribution is 2.34. The van der Waals surface area contributed by atoms with Gasteiger partial charge in [0.05, 0.1) is 0 Å². The number of carbonyl (C=O) groups excluding carboxylic acids is 2. The topological polar surface area (TPSA) is 61.4 Å². The van der Waals surface area contributed by atoms with Crippen molar-refractivity contribution >= 4 is 17.6 Å². The molecule has 2 heterocycles. The van der Waals surface area contributed by atoms with E-state index in [1.165, 1.54) is 12.1 Å². The van der Waals surface area contributed by atoms with Crippen molar-refractivity contribution < 1.29 is 14.0 Å². The fraction of sp³-hybridized carbons (Fsp3) is 0.391. The number of halogens is 1. The van der Waals surface area contributed by atoms with E-state index in [1.54, 1.807) is 12.1 Å². The lowest BCUT2D eigenvalue weighted by molar-refractivity contribution is 0.0577. The number of piperidine rings is 2. The number of hydrogen-bond acceptors (Lipinski definition) is 2. The summed E-state index contributed by atoms with van der Waals surface area (Å²) in [6.45, 7) is 1.94. The van der Waals surface area contributed by atoms with Crippen molar-refractivity contribution in [1.29, 1.82) is 0 Å². The first-order valence-electron chi connectivity index (χ1n) is 10.2. The number of nitrogens with one attached hydrogen (secondary N) is 2. The van der Waals surface area contributed by atoms with Gasteiger partial charge in [-0.1, -0.05) is 18.2 Å². The van der Waals surface area contributed by atoms with Gasteiger partial charge in [0.1, 0.15) is 5.82 Å². The quantitative estimate of drug-likeness (QED) is 0.805. The molecule has 5 nitrogen and oxygen atoms in total. The zero-order valence-corrected chi connectivity index (χ0v) is 16.5. The number of carbonyl (C=O) groups is 2. The van der Waals surface area contributed by atoms with E-state index in [-0.39, 0.29) is 35.9 Å². The minimum absolute atomic E-state index is 0.0459. The number of nitrogens with zero attached hydrogens (tertiary/aromatic N) is 1. The Bertz CT molecular complexity index is 885. The van der Waals surface area contributed by atoms with Gasteiger partial charge in [-0.25, -0.2) is 9.18 Å². The van der Waals surface area contributed by atoms with Crippen molar-refractivity contribution in [2.24, 2.45) is 0 Å². The van der Waals surface area contributed by atoms with Gasteiger partial charge >= 0.3 is 6.03 Å². The smallest absolute Gasteiger partial charge is 0.322 e. The van der Waals surface area contributed by atoms with E-state index in [2.05, 4.69) is 10.6 Å². The molecule has 2 aromatic carbocycles. The number of amides is 3. The maximum atomic E-state index is 13.1. The van der Waals surface area contributed by atoms with Gasteiger partial charge in [0.2, 0.25) is 0 Å². The highest BCUT2D eigenvalue weighted by Gasteiger charge is 2.41. The molecule has 29 heavy (non-hydrogen) atoms. The van der Waals surface area contributed by atoms with E-state index in [1.807, 2.05) is 36.1 Å². The molecule has 3 amide bonds. The number of hydrogen-bond donors (Lipinski definition) is 2. The molecule has 0 aromatic heterocycles. The molecule has 2 fully saturated rings. The van der Waals surface area contributed by atoms with Crippen LogP contribution in [0.3, 0.4) is 0 Å². The molecule has 0 saturated carbocycles. The van der Waals surface area contributed by atoms with Gasteiger partial charge in [0.15, 0.2) is 0 Å². The van der Waals surface area contributed by atoms with Crippen LogP contribution < -0.4 is 10.6 Å². The Kier molecular flexibility index (Phi) is 5.51. The summed E-state index contributed by atoms with van der Waals surface area (Å²) >= 11 is 0. The van der Waals surface area contributed by atoms with Crippen LogP contribution in [0.15, 0.2) is 48.5 Å². The summed E-state index contributed by atoms with van der Waals surface area (Å²) in [7, 11) is 0. The highest BCUT2D eigenvalue weighted by atomic mass is 19.1. The number of benzene rings is 2. The van der Waals surface area contributed by atoms with Crippen LogP contribution in [0.2, 0.25) is 0 Å². The molecule has 0 radical (unpaired) electrons. The molecule has 2 bridgehead atoms. The third-order valence-electron chi connectivity index (χ3n) is 6.03. The van der Waals surface area contributed by atoms with Gasteiger partial charge in [-0.15, -0.1) is 0 Å². The summed E-state index contributed by atoms with van der Waals surface area (Å²) in [5.74, 6) is -0.375. The van der Waals surface area contributed by atoms with Crippen molar-refractivity contribution in [2.45, 2.75) is 57.2 Å². The number of anilines is 1. The number of rotatable bonds is 3. The van der Waals surface area contributed by atoms with Crippen molar-refractivity contribution in [3.63, 3.8) is 0 Å². The molecular weight excluding hydrogens is 369 g/mol. The monoisotopic (exact) mass is 395 g/mol. The van der Waals surface area contributed by atoms with Crippen molar-refractivity contribution in [1.82, 2.24) is 10.2 Å². The van der Waals surface area contributed by atoms with Gasteiger partial charge in [0, 0.05) is 29.4 Å². The predicted molar refractivity (Wildman–Crippen MR) is 110 cm³/mol. The molecule has 6 heteroatoms. The Morgan fingerprint density at radius 1 is 1.00 bits per heavy atom. The summed E-state index contributed by atoms with van der Waals surface area (Å²) in [4.78, 5) is 27.5. The number of urea groups is 1. The van der Waals surface area contributed by atoms with Crippen molar-refractivity contribution in [2.75, 3.05) is 5.32 Å². The summed E-state index contributed by atoms with van der Waals surface area (Å²) in [5.41, 5.74) is 2.25. The lowest BCUT2D eigenvalue weighted by Crippen LogP contribution is -2.59. The molecule has 0 spiro atoms. The lowest BCUT2D eigenvalue weighted by Gasteiger charge is -2.48. The molecule has 2 saturated heterocycles. The molecule has 4 rings (SSSR count). The third-order valence-corrected chi connectivity index (χ3v) is 6.03. The predicted octanol–water partition coefficient (Wildman–Crippen LogP) is 4.48. The van der Waals surface area contributed by atoms with E-state index in [0.717, 1.165) is 37.7 Å². The van der Waals surface area contributed by atoms with Gasteiger partial charge in [0.25, 0.3) is 5.91 Å². The standard InChI is InChI=1S/C23H26FN3O2/c1-15-5-2-3-8-21(15)22(28)25-18-13-19-6-4-7-20(14-18)27(19)23(29)26-17-11-9-16(24)10-12-17/h2-3,5,8-12,18-20H,4,6-7,13-14H2,1H3,(H,25,28)(H,26,29)/t19-,20-/m1/s1. The molecule has 2 N–H and O–H groups in total. The normalized spacial score (nSPS) is 23.4. The minimum atomic E-state index is -0.329. The zero-order chi connectivity index (χ0) is 20.4. The molecule has 2 aromatic rings. The van der Waals surface area contributed by atoms with Gasteiger partial charge in [-0.2, -0.15) is 0 Å². The van der Waals surface area contributed by atoms with E-state index in [4.69, 9.17) is 0 Å². The molecular formula is C23H26FN3O2. The first kappa shape index (κ1) is 19.4. The average molecular weight is 395 g/mol. The summed E-state index contributed by atoms with van der Waals surface area (Å²) in [6, 6.07) is 13.5. The number of aryl methyl sites for hydroxylation is 1. The van der Waals surface area contributed by atoms with Crippen LogP contribution >= 0.6 is 0 Å². The fourth-order valence-corrected chi connectivity index (χ4v) is 4.64. The first-order valence-corrected chi connectivity index (χ1v) is 10.2. The maximum Gasteiger partial charge on any atom is 0.322 e. The highest BCUT2D eigenvalue weighted by molar-refractivity contribution is 5.95. The van der Waals surface area contributed by atoms with Crippen molar-refractivity contribution in [3.05, 3.63) is 65.5 Å². The lowest BCUT2D eigenvalue weighted by atomic mass is 9.82. The maximum absolute atomic E-state index is 13.1. The van der Waals surface area contributed by atoms with Crippen LogP contribution in [-0.2, 0) is 0 Å². The second-order valence-electron chi connectivity index (χ2n) is 8.04. The largest absolute Gasteiger partial charge is 0.349 e. The molecule has 0 aliphatic carbocycles. The van der Waals surface area contributed by atoms with E-state index in [9.17, 15) is 14.0 Å². The summed E-state index contributed by atoms with van der Waals surface area (Å²) < 4.78 is 13.1. The Labute approximate surface area is 170 Å². The van der Waals surface area contributed by atoms with E-state index < -0.39 is 0 Å². The Balaban J connectivity index is 1.42. The zero-order valence-electron chi connectivity index (χ0n) is 16.5. The first-order chi connectivity index (χ1) is 14.0. The van der Waals surface area contributed by atoms with Crippen LogP contribution in [0.5, 0.6) is 0 Å². The molecule has 2 atom stereocenters. The second kappa shape index (κ2) is 8.23. The number of fused-ring (bicyclic) bond motifs is 2. The third kappa shape index (κ3) is 4.26. The Morgan fingerprint density at radius 2 is 1.66 bits per heavy atom. The van der Waals surface area contributed by atoms with Crippen LogP contribution in [0, 0.1) is 12.7 Å². The van der Waals surface area contributed by atoms with Crippen LogP contribution in [0.4, 0.5) is 14.9 Å².